The van der Waals surface area contributed by atoms with E-state index in [1.165, 1.54) is 16.9 Å². The summed E-state index contributed by atoms with van der Waals surface area (Å²) < 4.78 is 1.59. The Morgan fingerprint density at radius 1 is 1.37 bits per heavy atom. The predicted molar refractivity (Wildman–Crippen MR) is 113 cm³/mol. The molecule has 0 saturated heterocycles. The highest BCUT2D eigenvalue weighted by atomic mass is 35.5. The van der Waals surface area contributed by atoms with Crippen LogP contribution in [-0.4, -0.2) is 40.5 Å². The molecule has 0 spiro atoms. The Bertz CT molecular complexity index is 874. The van der Waals surface area contributed by atoms with Gasteiger partial charge < -0.3 is 10.6 Å². The summed E-state index contributed by atoms with van der Waals surface area (Å²) in [6, 6.07) is 0. The van der Waals surface area contributed by atoms with Gasteiger partial charge in [0.25, 0.3) is 5.56 Å². The molecule has 0 fully saturated rings. The first-order chi connectivity index (χ1) is 12.3. The maximum Gasteiger partial charge on any atom is 0.262 e. The smallest absolute Gasteiger partial charge is 0.262 e. The molecule has 2 N–H and O–H groups in total. The number of amides is 1. The summed E-state index contributed by atoms with van der Waals surface area (Å²) in [5.74, 6) is 0.0193. The number of rotatable bonds is 6. The van der Waals surface area contributed by atoms with Crippen molar-refractivity contribution in [2.24, 2.45) is 11.1 Å². The van der Waals surface area contributed by atoms with Crippen molar-refractivity contribution >= 4 is 39.9 Å². The van der Waals surface area contributed by atoms with Crippen molar-refractivity contribution < 1.29 is 4.79 Å². The van der Waals surface area contributed by atoms with Crippen molar-refractivity contribution in [3.05, 3.63) is 27.1 Å². The second-order valence-electron chi connectivity index (χ2n) is 8.00. The summed E-state index contributed by atoms with van der Waals surface area (Å²) in [4.78, 5) is 33.7. The number of nitrogens with zero attached hydrogens (tertiary/aromatic N) is 3. The number of hydrogen-bond acceptors (Lipinski definition) is 5. The summed E-state index contributed by atoms with van der Waals surface area (Å²) in [6.07, 6.45) is 6.21. The molecule has 1 aliphatic rings. The lowest BCUT2D eigenvalue weighted by atomic mass is 9.93. The number of nitrogens with two attached hydrogens (primary N) is 1. The fourth-order valence-corrected chi connectivity index (χ4v) is 4.76. The Labute approximate surface area is 170 Å². The highest BCUT2D eigenvalue weighted by molar-refractivity contribution is 7.18. The van der Waals surface area contributed by atoms with Gasteiger partial charge >= 0.3 is 0 Å². The molecular weight excluding hydrogens is 384 g/mol. The quantitative estimate of drug-likeness (QED) is 0.790. The fraction of sp³-hybridized carbons (Fsp3) is 0.632. The minimum atomic E-state index is -0.114. The summed E-state index contributed by atoms with van der Waals surface area (Å²) >= 11 is 1.65. The molecule has 0 unspecified atom stereocenters. The first-order valence-electron chi connectivity index (χ1n) is 9.26. The molecule has 0 atom stereocenters. The third kappa shape index (κ3) is 4.70. The zero-order chi connectivity index (χ0) is 18.9. The van der Waals surface area contributed by atoms with Crippen molar-refractivity contribution in [2.45, 2.75) is 52.5 Å². The molecule has 1 aliphatic carbocycles. The Morgan fingerprint density at radius 2 is 2.07 bits per heavy atom. The monoisotopic (exact) mass is 412 g/mol. The number of carbonyl (C=O) groups is 1. The lowest BCUT2D eigenvalue weighted by molar-refractivity contribution is -0.131. The van der Waals surface area contributed by atoms with Crippen molar-refractivity contribution in [1.82, 2.24) is 14.5 Å². The molecule has 1 amide bonds. The van der Waals surface area contributed by atoms with Gasteiger partial charge in [0, 0.05) is 31.4 Å². The van der Waals surface area contributed by atoms with Gasteiger partial charge in [0.15, 0.2) is 0 Å². The van der Waals surface area contributed by atoms with Crippen molar-refractivity contribution in [1.29, 1.82) is 0 Å². The summed E-state index contributed by atoms with van der Waals surface area (Å²) in [5, 5.41) is 0.775. The van der Waals surface area contributed by atoms with Gasteiger partial charge in [-0.25, -0.2) is 4.98 Å². The van der Waals surface area contributed by atoms with Gasteiger partial charge in [-0.2, -0.15) is 0 Å². The average Bonchev–Trinajstić information content (AvgIpc) is 2.99. The number of aromatic nitrogens is 2. The largest absolute Gasteiger partial charge is 0.345 e. The third-order valence-electron chi connectivity index (χ3n) is 5.15. The van der Waals surface area contributed by atoms with Gasteiger partial charge in [0.1, 0.15) is 4.83 Å². The SMILES string of the molecule is CN(CC(C)(C)CN)C(=O)CCn1cnc2sc3c(c2c1=O)CCCC3.Cl. The van der Waals surface area contributed by atoms with Crippen LogP contribution in [0.2, 0.25) is 0 Å². The first-order valence-corrected chi connectivity index (χ1v) is 10.1. The molecule has 27 heavy (non-hydrogen) atoms. The van der Waals surface area contributed by atoms with E-state index >= 15 is 0 Å². The molecular formula is C19H29ClN4O2S. The van der Waals surface area contributed by atoms with E-state index in [2.05, 4.69) is 4.98 Å². The summed E-state index contributed by atoms with van der Waals surface area (Å²) in [7, 11) is 1.79. The van der Waals surface area contributed by atoms with Crippen molar-refractivity contribution in [2.75, 3.05) is 20.1 Å². The minimum absolute atomic E-state index is 0. The van der Waals surface area contributed by atoms with E-state index in [9.17, 15) is 9.59 Å². The van der Waals surface area contributed by atoms with E-state index in [1.54, 1.807) is 34.2 Å². The van der Waals surface area contributed by atoms with E-state index in [0.717, 1.165) is 29.5 Å². The van der Waals surface area contributed by atoms with E-state index < -0.39 is 0 Å². The van der Waals surface area contributed by atoms with Crippen LogP contribution in [0.15, 0.2) is 11.1 Å². The summed E-state index contributed by atoms with van der Waals surface area (Å²) in [5.41, 5.74) is 6.82. The van der Waals surface area contributed by atoms with E-state index in [4.69, 9.17) is 5.73 Å². The maximum absolute atomic E-state index is 12.9. The fourth-order valence-electron chi connectivity index (χ4n) is 3.54. The van der Waals surface area contributed by atoms with E-state index in [-0.39, 0.29) is 35.7 Å². The summed E-state index contributed by atoms with van der Waals surface area (Å²) in [6.45, 7) is 5.57. The van der Waals surface area contributed by atoms with E-state index in [1.807, 2.05) is 13.8 Å². The number of aryl methyl sites for hydroxylation is 3. The zero-order valence-electron chi connectivity index (χ0n) is 16.3. The Hall–Kier alpha value is -1.44. The third-order valence-corrected chi connectivity index (χ3v) is 6.35. The lowest BCUT2D eigenvalue weighted by Crippen LogP contribution is -2.40. The topological polar surface area (TPSA) is 81.2 Å². The number of thiophene rings is 1. The maximum atomic E-state index is 12.9. The Balaban J connectivity index is 0.00000261. The number of hydrogen-bond donors (Lipinski definition) is 1. The van der Waals surface area contributed by atoms with Gasteiger partial charge in [0.2, 0.25) is 5.91 Å². The molecule has 2 heterocycles. The van der Waals surface area contributed by atoms with Crippen LogP contribution in [-0.2, 0) is 24.2 Å². The van der Waals surface area contributed by atoms with Crippen LogP contribution in [0, 0.1) is 5.41 Å². The highest BCUT2D eigenvalue weighted by Crippen LogP contribution is 2.33. The van der Waals surface area contributed by atoms with Crippen LogP contribution in [0.4, 0.5) is 0 Å². The van der Waals surface area contributed by atoms with Crippen LogP contribution in [0.25, 0.3) is 10.2 Å². The molecule has 3 rings (SSSR count). The molecule has 150 valence electrons. The molecule has 0 aromatic carbocycles. The van der Waals surface area contributed by atoms with Gasteiger partial charge in [-0.15, -0.1) is 23.7 Å². The van der Waals surface area contributed by atoms with Crippen LogP contribution in [0.5, 0.6) is 0 Å². The minimum Gasteiger partial charge on any atom is -0.345 e. The average molecular weight is 413 g/mol. The molecule has 2 aromatic heterocycles. The highest BCUT2D eigenvalue weighted by Gasteiger charge is 2.22. The van der Waals surface area contributed by atoms with Crippen molar-refractivity contribution in [3.63, 3.8) is 0 Å². The van der Waals surface area contributed by atoms with Gasteiger partial charge in [-0.05, 0) is 43.2 Å². The first kappa shape index (κ1) is 21.9. The van der Waals surface area contributed by atoms with Gasteiger partial charge in [-0.1, -0.05) is 13.8 Å². The van der Waals surface area contributed by atoms with Gasteiger partial charge in [-0.3, -0.25) is 14.2 Å². The van der Waals surface area contributed by atoms with Crippen LogP contribution < -0.4 is 11.3 Å². The van der Waals surface area contributed by atoms with Gasteiger partial charge in [0.05, 0.1) is 11.7 Å². The molecule has 0 radical (unpaired) electrons. The predicted octanol–water partition coefficient (Wildman–Crippen LogP) is 2.59. The second-order valence-corrected chi connectivity index (χ2v) is 9.09. The standard InChI is InChI=1S/C19H28N4O2S.ClH/c1-19(2,10-20)11-22(3)15(24)8-9-23-12-21-17-16(18(23)25)13-6-4-5-7-14(13)26-17;/h12H,4-11,20H2,1-3H3;1H. The second kappa shape index (κ2) is 8.71. The molecule has 0 saturated carbocycles. The normalized spacial score (nSPS) is 13.9. The number of carbonyl (C=O) groups excluding carboxylic acids is 1. The van der Waals surface area contributed by atoms with Crippen LogP contribution >= 0.6 is 23.7 Å². The van der Waals surface area contributed by atoms with Crippen molar-refractivity contribution in [3.8, 4) is 0 Å². The van der Waals surface area contributed by atoms with Crippen LogP contribution in [0.1, 0.15) is 43.6 Å². The Kier molecular flexibility index (Phi) is 7.05. The number of fused-ring (bicyclic) bond motifs is 3. The zero-order valence-corrected chi connectivity index (χ0v) is 17.9. The number of halogens is 1. The molecule has 0 bridgehead atoms. The molecule has 0 aliphatic heterocycles. The molecule has 8 heteroatoms. The van der Waals surface area contributed by atoms with E-state index in [0.29, 0.717) is 19.6 Å². The van der Waals surface area contributed by atoms with Crippen LogP contribution in [0.3, 0.4) is 0 Å². The lowest BCUT2D eigenvalue weighted by Gasteiger charge is -2.29. The molecule has 2 aromatic rings. The Morgan fingerprint density at radius 3 is 2.78 bits per heavy atom. The molecule has 6 nitrogen and oxygen atoms in total.